The van der Waals surface area contributed by atoms with Gasteiger partial charge in [0.05, 0.1) is 0 Å². The molecule has 3 N–H and O–H groups in total. The fourth-order valence-electron chi connectivity index (χ4n) is 3.54. The van der Waals surface area contributed by atoms with Gasteiger partial charge in [-0.2, -0.15) is 9.36 Å². The summed E-state index contributed by atoms with van der Waals surface area (Å²) in [6, 6.07) is -1.12. The van der Waals surface area contributed by atoms with Gasteiger partial charge in [-0.25, -0.2) is 14.4 Å². The van der Waals surface area contributed by atoms with Crippen molar-refractivity contribution in [3.8, 4) is 0 Å². The number of aromatic nitrogens is 2. The van der Waals surface area contributed by atoms with Crippen LogP contribution in [0.3, 0.4) is 0 Å². The number of nitrogens with one attached hydrogen (secondary N) is 2. The second-order valence-electron chi connectivity index (χ2n) is 11.8. The Morgan fingerprint density at radius 3 is 2.28 bits per heavy atom. The molecule has 0 bridgehead atoms. The molecule has 0 aromatic carbocycles. The van der Waals surface area contributed by atoms with Crippen LogP contribution in [-0.2, 0) is 33.5 Å². The van der Waals surface area contributed by atoms with Crippen molar-refractivity contribution in [1.29, 1.82) is 0 Å². The molecule has 2 aliphatic heterocycles. The maximum atomic E-state index is 13.5. The van der Waals surface area contributed by atoms with Gasteiger partial charge in [0.25, 0.3) is 11.8 Å². The standard InChI is InChI=1S/C25H33ClN6O9S2/c1-23(2,3)39-20(37)25(7,8)41-30-12(15-28-21(43-31-15)29-22(38)40-24(4,5)6)16(33)27-13-17(34)32-14(19(35)36)11(9-26)10-42-18(13)32/h13,18H,9-10H2,1-8H3,(H,27,33)(H,35,36)(H,28,29,31,38)/t13-,18-/m1/s1. The molecule has 3 heterocycles. The number of hydrogen-bond acceptors (Lipinski definition) is 13. The minimum absolute atomic E-state index is 0.0327. The second kappa shape index (κ2) is 12.7. The molecule has 0 radical (unpaired) electrons. The van der Waals surface area contributed by atoms with Gasteiger partial charge in [-0.15, -0.1) is 23.4 Å². The highest BCUT2D eigenvalue weighted by Crippen LogP contribution is 2.40. The number of ether oxygens (including phenoxy) is 2. The number of esters is 1. The predicted molar refractivity (Wildman–Crippen MR) is 158 cm³/mol. The number of aliphatic carboxylic acids is 1. The van der Waals surface area contributed by atoms with Crippen molar-refractivity contribution in [2.24, 2.45) is 5.16 Å². The fourth-order valence-corrected chi connectivity index (χ4v) is 5.77. The average molecular weight is 661 g/mol. The van der Waals surface area contributed by atoms with E-state index in [9.17, 15) is 29.1 Å². The molecule has 3 amide bonds. The monoisotopic (exact) mass is 660 g/mol. The zero-order valence-electron chi connectivity index (χ0n) is 24.8. The summed E-state index contributed by atoms with van der Waals surface area (Å²) in [4.78, 5) is 73.8. The average Bonchev–Trinajstić information content (AvgIpc) is 3.31. The van der Waals surface area contributed by atoms with Gasteiger partial charge in [-0.3, -0.25) is 19.8 Å². The van der Waals surface area contributed by atoms with Crippen LogP contribution in [0.25, 0.3) is 0 Å². The van der Waals surface area contributed by atoms with Gasteiger partial charge in [0.15, 0.2) is 0 Å². The third-order valence-electron chi connectivity index (χ3n) is 5.41. The molecule has 0 aliphatic carbocycles. The first kappa shape index (κ1) is 34.1. The molecule has 1 aromatic heterocycles. The van der Waals surface area contributed by atoms with Gasteiger partial charge < -0.3 is 24.7 Å². The van der Waals surface area contributed by atoms with Crippen molar-refractivity contribution in [3.05, 3.63) is 17.1 Å². The number of halogens is 1. The zero-order valence-corrected chi connectivity index (χ0v) is 27.2. The van der Waals surface area contributed by atoms with Gasteiger partial charge in [0.2, 0.25) is 22.3 Å². The summed E-state index contributed by atoms with van der Waals surface area (Å²) >= 11 is 7.82. The number of thioether (sulfide) groups is 1. The third-order valence-corrected chi connectivity index (χ3v) is 7.71. The molecule has 1 aromatic rings. The van der Waals surface area contributed by atoms with Crippen LogP contribution in [0.4, 0.5) is 9.93 Å². The molecule has 3 rings (SSSR count). The predicted octanol–water partition coefficient (Wildman–Crippen LogP) is 2.70. The lowest BCUT2D eigenvalue weighted by Gasteiger charge is -2.49. The normalized spacial score (nSPS) is 19.2. The van der Waals surface area contributed by atoms with Crippen LogP contribution in [0, 0.1) is 0 Å². The molecule has 0 saturated carbocycles. The van der Waals surface area contributed by atoms with Crippen molar-refractivity contribution in [2.45, 2.75) is 83.6 Å². The number of hydrogen-bond donors (Lipinski definition) is 3. The summed E-state index contributed by atoms with van der Waals surface area (Å²) in [5.74, 6) is -3.82. The Balaban J connectivity index is 1.88. The maximum absolute atomic E-state index is 13.5. The topological polar surface area (TPSA) is 199 Å². The largest absolute Gasteiger partial charge is 0.477 e. The highest BCUT2D eigenvalue weighted by molar-refractivity contribution is 8.00. The molecule has 15 nitrogen and oxygen atoms in total. The van der Waals surface area contributed by atoms with E-state index in [4.69, 9.17) is 25.9 Å². The van der Waals surface area contributed by atoms with Crippen molar-refractivity contribution in [2.75, 3.05) is 16.9 Å². The van der Waals surface area contributed by atoms with E-state index in [1.807, 2.05) is 0 Å². The molecule has 18 heteroatoms. The first-order valence-electron chi connectivity index (χ1n) is 12.8. The van der Waals surface area contributed by atoms with Crippen LogP contribution in [0.15, 0.2) is 16.4 Å². The number of carboxylic acids is 1. The number of anilines is 1. The highest BCUT2D eigenvalue weighted by atomic mass is 35.5. The summed E-state index contributed by atoms with van der Waals surface area (Å²) in [6.45, 7) is 12.8. The molecule has 0 spiro atoms. The van der Waals surface area contributed by atoms with Gasteiger partial charge in [-0.1, -0.05) is 5.16 Å². The number of alkyl halides is 1. The Kier molecular flexibility index (Phi) is 10.0. The number of carboxylic acid groups (broad SMARTS) is 1. The van der Waals surface area contributed by atoms with Crippen LogP contribution in [0.2, 0.25) is 0 Å². The Morgan fingerprint density at radius 1 is 1.09 bits per heavy atom. The van der Waals surface area contributed by atoms with E-state index < -0.39 is 63.8 Å². The summed E-state index contributed by atoms with van der Waals surface area (Å²) < 4.78 is 14.6. The summed E-state index contributed by atoms with van der Waals surface area (Å²) in [7, 11) is 0. The lowest BCUT2D eigenvalue weighted by Crippen LogP contribution is -2.71. The summed E-state index contributed by atoms with van der Waals surface area (Å²) in [5.41, 5.74) is -3.64. The number of nitrogens with zero attached hydrogens (tertiary/aromatic N) is 4. The van der Waals surface area contributed by atoms with Crippen LogP contribution in [0.1, 0.15) is 61.2 Å². The van der Waals surface area contributed by atoms with Crippen LogP contribution in [-0.4, -0.2) is 94.8 Å². The molecule has 1 saturated heterocycles. The lowest BCUT2D eigenvalue weighted by molar-refractivity contribution is -0.179. The van der Waals surface area contributed by atoms with E-state index in [2.05, 4.69) is 25.1 Å². The van der Waals surface area contributed by atoms with E-state index in [1.54, 1.807) is 41.5 Å². The molecular weight excluding hydrogens is 628 g/mol. The Morgan fingerprint density at radius 2 is 1.72 bits per heavy atom. The minimum Gasteiger partial charge on any atom is -0.477 e. The van der Waals surface area contributed by atoms with E-state index >= 15 is 0 Å². The second-order valence-corrected chi connectivity index (χ2v) is 14.0. The Bertz CT molecular complexity index is 1380. The third kappa shape index (κ3) is 8.35. The molecule has 2 atom stereocenters. The molecule has 0 unspecified atom stereocenters. The summed E-state index contributed by atoms with van der Waals surface area (Å²) in [6.07, 6.45) is -0.812. The van der Waals surface area contributed by atoms with Gasteiger partial charge in [-0.05, 0) is 61.0 Å². The SMILES string of the molecule is CC(C)(C)OC(=O)Nc1nc(C(=NOC(C)(C)C(=O)OC(C)(C)C)C(=O)N[C@@H]2C(=O)N3C(C(=O)O)=C(CCl)CS[C@H]23)ns1. The Hall–Kier alpha value is -3.44. The maximum Gasteiger partial charge on any atom is 0.414 e. The first-order valence-corrected chi connectivity index (χ1v) is 15.2. The summed E-state index contributed by atoms with van der Waals surface area (Å²) in [5, 5.41) is 17.7. The number of carbonyl (C=O) groups is 5. The van der Waals surface area contributed by atoms with Crippen LogP contribution < -0.4 is 10.6 Å². The number of amides is 3. The number of carbonyl (C=O) groups excluding carboxylic acids is 4. The molecule has 2 aliphatic rings. The van der Waals surface area contributed by atoms with Crippen molar-refractivity contribution < 1.29 is 43.4 Å². The molecular formula is C25H33ClN6O9S2. The van der Waals surface area contributed by atoms with Crippen molar-refractivity contribution in [1.82, 2.24) is 19.6 Å². The molecule has 1 fully saturated rings. The first-order chi connectivity index (χ1) is 19.7. The number of β-lactam (4-membered cyclic amide) rings is 1. The lowest BCUT2D eigenvalue weighted by atomic mass is 10.0. The van der Waals surface area contributed by atoms with E-state index in [0.717, 1.165) is 4.90 Å². The Labute approximate surface area is 260 Å². The van der Waals surface area contributed by atoms with Gasteiger partial charge in [0.1, 0.15) is 28.3 Å². The van der Waals surface area contributed by atoms with Crippen LogP contribution in [0.5, 0.6) is 0 Å². The van der Waals surface area contributed by atoms with E-state index in [-0.39, 0.29) is 28.3 Å². The minimum atomic E-state index is -1.66. The number of rotatable bonds is 9. The van der Waals surface area contributed by atoms with Crippen molar-refractivity contribution >= 4 is 75.6 Å². The fraction of sp³-hybridized carbons (Fsp3) is 0.600. The number of fused-ring (bicyclic) bond motifs is 1. The highest BCUT2D eigenvalue weighted by Gasteiger charge is 2.54. The quantitative estimate of drug-likeness (QED) is 0.115. The zero-order chi connectivity index (χ0) is 32.5. The van der Waals surface area contributed by atoms with Gasteiger partial charge >= 0.3 is 18.0 Å². The van der Waals surface area contributed by atoms with Crippen LogP contribution >= 0.6 is 34.9 Å². The van der Waals surface area contributed by atoms with E-state index in [1.165, 1.54) is 25.6 Å². The smallest absolute Gasteiger partial charge is 0.414 e. The van der Waals surface area contributed by atoms with Gasteiger partial charge in [0, 0.05) is 23.2 Å². The molecule has 43 heavy (non-hydrogen) atoms. The van der Waals surface area contributed by atoms with Crippen molar-refractivity contribution in [3.63, 3.8) is 0 Å². The number of oxime groups is 1. The molecule has 236 valence electrons. The van der Waals surface area contributed by atoms with E-state index in [0.29, 0.717) is 17.1 Å².